The Labute approximate surface area is 503 Å². The second-order valence-electron chi connectivity index (χ2n) is 22.9. The van der Waals surface area contributed by atoms with Crippen LogP contribution in [0.15, 0.2) is 97.2 Å². The van der Waals surface area contributed by atoms with Crippen LogP contribution < -0.4 is 5.32 Å². The van der Waals surface area contributed by atoms with E-state index in [4.69, 9.17) is 18.9 Å². The van der Waals surface area contributed by atoms with Gasteiger partial charge < -0.3 is 65.1 Å². The smallest absolute Gasteiger partial charge is 0.220 e. The number of nitrogens with one attached hydrogen (secondary N) is 1. The maximum Gasteiger partial charge on any atom is 0.220 e. The molecular formula is C69H119NO13. The third-order valence-corrected chi connectivity index (χ3v) is 15.6. The Bertz CT molecular complexity index is 1760. The van der Waals surface area contributed by atoms with Crippen LogP contribution in [0.5, 0.6) is 0 Å². The molecule has 0 aliphatic carbocycles. The second-order valence-corrected chi connectivity index (χ2v) is 22.9. The molecule has 0 aromatic heterocycles. The summed E-state index contributed by atoms with van der Waals surface area (Å²) in [4.78, 5) is 13.3. The summed E-state index contributed by atoms with van der Waals surface area (Å²) in [5, 5.41) is 87.1. The number of aliphatic hydroxyl groups is 8. The molecule has 1 amide bonds. The topological polar surface area (TPSA) is 228 Å². The minimum Gasteiger partial charge on any atom is -0.394 e. The number of carbonyl (C=O) groups is 1. The number of hydrogen-bond donors (Lipinski definition) is 9. The summed E-state index contributed by atoms with van der Waals surface area (Å²) in [7, 11) is 0. The number of amides is 1. The van der Waals surface area contributed by atoms with Crippen LogP contribution >= 0.6 is 0 Å². The highest BCUT2D eigenvalue weighted by Gasteiger charge is 2.51. The fourth-order valence-electron chi connectivity index (χ4n) is 10.3. The summed E-state index contributed by atoms with van der Waals surface area (Å²) < 4.78 is 22.8. The van der Waals surface area contributed by atoms with Gasteiger partial charge in [-0.15, -0.1) is 0 Å². The first-order chi connectivity index (χ1) is 40.6. The zero-order valence-corrected chi connectivity index (χ0v) is 51.7. The maximum absolute atomic E-state index is 13.3. The van der Waals surface area contributed by atoms with E-state index in [-0.39, 0.29) is 12.5 Å². The van der Waals surface area contributed by atoms with Gasteiger partial charge in [-0.3, -0.25) is 4.79 Å². The Hall–Kier alpha value is -3.09. The van der Waals surface area contributed by atoms with Crippen molar-refractivity contribution in [3.05, 3.63) is 97.2 Å². The molecule has 2 aliphatic rings. The molecule has 14 nitrogen and oxygen atoms in total. The fourth-order valence-corrected chi connectivity index (χ4v) is 10.3. The molecule has 2 fully saturated rings. The zero-order chi connectivity index (χ0) is 60.2. The van der Waals surface area contributed by atoms with Gasteiger partial charge in [0.1, 0.15) is 48.8 Å². The molecule has 12 atom stereocenters. The van der Waals surface area contributed by atoms with Gasteiger partial charge in [0.25, 0.3) is 0 Å². The van der Waals surface area contributed by atoms with Gasteiger partial charge in [0.05, 0.1) is 32.0 Å². The Kier molecular flexibility index (Phi) is 48.7. The molecule has 2 rings (SSSR count). The Balaban J connectivity index is 1.57. The molecular weight excluding hydrogens is 1050 g/mol. The highest BCUT2D eigenvalue weighted by molar-refractivity contribution is 5.76. The van der Waals surface area contributed by atoms with Crippen molar-refractivity contribution in [1.29, 1.82) is 0 Å². The molecule has 0 bridgehead atoms. The summed E-state index contributed by atoms with van der Waals surface area (Å²) in [6, 6.07) is -0.832. The van der Waals surface area contributed by atoms with Crippen molar-refractivity contribution >= 4 is 5.91 Å². The van der Waals surface area contributed by atoms with E-state index < -0.39 is 86.8 Å². The van der Waals surface area contributed by atoms with Crippen molar-refractivity contribution in [3.8, 4) is 0 Å². The molecule has 14 heteroatoms. The summed E-state index contributed by atoms with van der Waals surface area (Å²) in [6.45, 7) is 2.72. The quantitative estimate of drug-likeness (QED) is 0.0204. The lowest BCUT2D eigenvalue weighted by Gasteiger charge is -2.46. The molecule has 12 unspecified atom stereocenters. The van der Waals surface area contributed by atoms with Crippen molar-refractivity contribution in [3.63, 3.8) is 0 Å². The normalized spacial score (nSPS) is 24.5. The van der Waals surface area contributed by atoms with Crippen molar-refractivity contribution in [2.24, 2.45) is 0 Å². The lowest BCUT2D eigenvalue weighted by molar-refractivity contribution is -0.359. The molecule has 0 aromatic rings. The number of ether oxygens (including phenoxy) is 4. The first-order valence-electron chi connectivity index (χ1n) is 33.0. The Morgan fingerprint density at radius 1 is 0.446 bits per heavy atom. The number of rotatable bonds is 52. The lowest BCUT2D eigenvalue weighted by Crippen LogP contribution is -2.65. The van der Waals surface area contributed by atoms with E-state index in [9.17, 15) is 45.6 Å². The fraction of sp³-hybridized carbons (Fsp3) is 0.754. The molecule has 2 aliphatic heterocycles. The number of aliphatic hydroxyl groups excluding tert-OH is 8. The third-order valence-electron chi connectivity index (χ3n) is 15.6. The summed E-state index contributed by atoms with van der Waals surface area (Å²) in [5.41, 5.74) is 0. The molecule has 0 radical (unpaired) electrons. The van der Waals surface area contributed by atoms with Crippen molar-refractivity contribution in [1.82, 2.24) is 5.32 Å². The highest BCUT2D eigenvalue weighted by Crippen LogP contribution is 2.30. The zero-order valence-electron chi connectivity index (χ0n) is 51.7. The van der Waals surface area contributed by atoms with E-state index in [0.717, 1.165) is 103 Å². The first kappa shape index (κ1) is 76.0. The number of allylic oxidation sites excluding steroid dienone is 16. The highest BCUT2D eigenvalue weighted by atomic mass is 16.7. The molecule has 2 heterocycles. The predicted molar refractivity (Wildman–Crippen MR) is 336 cm³/mol. The minimum atomic E-state index is -1.78. The standard InChI is InChI=1S/C69H119NO13/c1-3-5-7-9-11-13-15-16-17-18-19-20-21-22-23-24-25-26-27-28-29-30-31-32-33-34-35-36-37-38-39-40-41-42-43-45-47-49-51-53-61(74)70-57(58(73)52-50-48-46-44-14-12-10-8-6-4-2)56-80-68-66(79)64(77)67(60(55-72)82-68)83-69-65(78)63(76)62(75)59(54-71)81-69/h5,7,11,13,16-17,19-20,22-23,25-26,28-29,31-32,57-60,62-69,71-73,75-79H,3-4,6,8-10,12,14-15,18,21,24,27,30,33-56H2,1-2H3,(H,70,74)/b7-5-,13-11-,17-16-,20-19-,23-22-,26-25-,29-28-,32-31-. The van der Waals surface area contributed by atoms with Crippen LogP contribution in [0, 0.1) is 0 Å². The molecule has 478 valence electrons. The molecule has 0 saturated carbocycles. The third kappa shape index (κ3) is 37.9. The largest absolute Gasteiger partial charge is 0.394 e. The van der Waals surface area contributed by atoms with E-state index in [1.54, 1.807) is 0 Å². The van der Waals surface area contributed by atoms with Crippen LogP contribution in [0.1, 0.15) is 239 Å². The van der Waals surface area contributed by atoms with E-state index >= 15 is 0 Å². The second kappa shape index (κ2) is 53.2. The van der Waals surface area contributed by atoms with Gasteiger partial charge in [-0.25, -0.2) is 0 Å². The van der Waals surface area contributed by atoms with Crippen molar-refractivity contribution in [2.45, 2.75) is 312 Å². The minimum absolute atomic E-state index is 0.212. The number of unbranched alkanes of at least 4 members (excludes halogenated alkanes) is 23. The maximum atomic E-state index is 13.3. The first-order valence-corrected chi connectivity index (χ1v) is 33.0. The van der Waals surface area contributed by atoms with Crippen molar-refractivity contribution in [2.75, 3.05) is 19.8 Å². The molecule has 9 N–H and O–H groups in total. The van der Waals surface area contributed by atoms with Crippen LogP contribution in [-0.4, -0.2) is 140 Å². The van der Waals surface area contributed by atoms with Crippen molar-refractivity contribution < 1.29 is 64.6 Å². The average Bonchev–Trinajstić information content (AvgIpc) is 3.47. The molecule has 83 heavy (non-hydrogen) atoms. The van der Waals surface area contributed by atoms with Gasteiger partial charge in [-0.2, -0.15) is 0 Å². The van der Waals surface area contributed by atoms with Crippen LogP contribution in [-0.2, 0) is 23.7 Å². The monoisotopic (exact) mass is 1170 g/mol. The number of hydrogen-bond acceptors (Lipinski definition) is 13. The summed E-state index contributed by atoms with van der Waals surface area (Å²) in [5.74, 6) is -0.212. The van der Waals surface area contributed by atoms with E-state index in [1.807, 2.05) is 0 Å². The van der Waals surface area contributed by atoms with E-state index in [1.165, 1.54) is 109 Å². The predicted octanol–water partition coefficient (Wildman–Crippen LogP) is 12.6. The van der Waals surface area contributed by atoms with E-state index in [0.29, 0.717) is 12.8 Å². The van der Waals surface area contributed by atoms with Gasteiger partial charge >= 0.3 is 0 Å². The van der Waals surface area contributed by atoms with Gasteiger partial charge in [0, 0.05) is 6.42 Å². The van der Waals surface area contributed by atoms with Crippen LogP contribution in [0.2, 0.25) is 0 Å². The van der Waals surface area contributed by atoms with E-state index in [2.05, 4.69) is 116 Å². The average molecular weight is 1170 g/mol. The number of carbonyl (C=O) groups excluding carboxylic acids is 1. The van der Waals surface area contributed by atoms with Crippen LogP contribution in [0.4, 0.5) is 0 Å². The lowest BCUT2D eigenvalue weighted by atomic mass is 9.97. The van der Waals surface area contributed by atoms with Crippen LogP contribution in [0.25, 0.3) is 0 Å². The van der Waals surface area contributed by atoms with Gasteiger partial charge in [0.2, 0.25) is 5.91 Å². The van der Waals surface area contributed by atoms with Crippen LogP contribution in [0.3, 0.4) is 0 Å². The molecule has 2 saturated heterocycles. The summed E-state index contributed by atoms with van der Waals surface area (Å²) in [6.07, 6.45) is 57.3. The Morgan fingerprint density at radius 2 is 0.831 bits per heavy atom. The summed E-state index contributed by atoms with van der Waals surface area (Å²) >= 11 is 0. The SMILES string of the molecule is CC/C=C\C/C=C\C/C=C\C/C=C\C/C=C\C/C=C\C/C=C\C/C=C\CCCCCCCCCCCCCCCCC(=O)NC(COC1OC(CO)C(OC2OC(CO)C(O)C(O)C2O)C(O)C1O)C(O)CCCCCCCCCCCC. The molecule has 0 aromatic carbocycles. The van der Waals surface area contributed by atoms with Gasteiger partial charge in [0.15, 0.2) is 12.6 Å². The van der Waals surface area contributed by atoms with Gasteiger partial charge in [-0.05, 0) is 77.0 Å². The molecule has 0 spiro atoms. The van der Waals surface area contributed by atoms with Gasteiger partial charge in [-0.1, -0.05) is 252 Å². The Morgan fingerprint density at radius 3 is 1.28 bits per heavy atom.